The third-order valence-electron chi connectivity index (χ3n) is 3.51. The van der Waals surface area contributed by atoms with Crippen LogP contribution in [0.5, 0.6) is 0 Å². The lowest BCUT2D eigenvalue weighted by atomic mass is 10.1. The van der Waals surface area contributed by atoms with Crippen LogP contribution in [0.25, 0.3) is 0 Å². The minimum atomic E-state index is -1.68. The van der Waals surface area contributed by atoms with Gasteiger partial charge in [0.15, 0.2) is 8.32 Å². The largest absolute Gasteiger partial charge is 0.417 e. The Hall–Kier alpha value is -0.153. The molecule has 0 heterocycles. The second-order valence-corrected chi connectivity index (χ2v) is 10.2. The third-order valence-corrected chi connectivity index (χ3v) is 7.95. The lowest BCUT2D eigenvalue weighted by Gasteiger charge is -2.39. The molecule has 0 aliphatic rings. The molecule has 0 bridgehead atoms. The maximum Gasteiger partial charge on any atom is 0.192 e. The Morgan fingerprint density at radius 1 is 1.38 bits per heavy atom. The first kappa shape index (κ1) is 15.8. The molecule has 0 atom stereocenters. The summed E-state index contributed by atoms with van der Waals surface area (Å²) < 4.78 is 18.5. The molecule has 0 amide bonds. The van der Waals surface area contributed by atoms with Gasteiger partial charge in [0.05, 0.1) is 5.83 Å². The summed E-state index contributed by atoms with van der Waals surface area (Å²) in [5, 5.41) is 0.288. The molecule has 1 nitrogen and oxygen atoms in total. The fourth-order valence-corrected chi connectivity index (χ4v) is 3.56. The summed E-state index contributed by atoms with van der Waals surface area (Å²) in [6.45, 7) is 13.4. The molecule has 0 aromatic heterocycles. The quantitative estimate of drug-likeness (QED) is 0.451. The average molecular weight is 246 g/mol. The highest BCUT2D eigenvalue weighted by Crippen LogP contribution is 2.41. The van der Waals surface area contributed by atoms with Crippen molar-refractivity contribution in [3.8, 4) is 0 Å². The van der Waals surface area contributed by atoms with E-state index in [1.807, 2.05) is 0 Å². The van der Waals surface area contributed by atoms with Crippen LogP contribution in [-0.4, -0.2) is 14.9 Å². The molecule has 0 spiro atoms. The van der Waals surface area contributed by atoms with E-state index < -0.39 is 8.32 Å². The first-order chi connectivity index (χ1) is 7.23. The van der Waals surface area contributed by atoms with Gasteiger partial charge >= 0.3 is 0 Å². The van der Waals surface area contributed by atoms with Crippen LogP contribution in [0.2, 0.25) is 18.1 Å². The van der Waals surface area contributed by atoms with E-state index in [4.69, 9.17) is 4.43 Å². The summed E-state index contributed by atoms with van der Waals surface area (Å²) in [7, 11) is -1.68. The Kier molecular flexibility index (Phi) is 6.49. The van der Waals surface area contributed by atoms with Gasteiger partial charge in [-0.1, -0.05) is 33.3 Å². The zero-order valence-electron chi connectivity index (χ0n) is 11.7. The summed E-state index contributed by atoms with van der Waals surface area (Å²) in [6, 6.07) is 0. The maximum atomic E-state index is 12.5. The van der Waals surface area contributed by atoms with Gasteiger partial charge in [0, 0.05) is 6.61 Å². The van der Waals surface area contributed by atoms with Crippen molar-refractivity contribution in [3.63, 3.8) is 0 Å². The number of hydrogen-bond acceptors (Lipinski definition) is 1. The topological polar surface area (TPSA) is 9.23 Å². The molecule has 0 aliphatic heterocycles. The van der Waals surface area contributed by atoms with Crippen LogP contribution < -0.4 is 0 Å². The summed E-state index contributed by atoms with van der Waals surface area (Å²) in [4.78, 5) is 0. The van der Waals surface area contributed by atoms with Crippen LogP contribution >= 0.6 is 0 Å². The molecule has 0 unspecified atom stereocenters. The van der Waals surface area contributed by atoms with Gasteiger partial charge in [-0.3, -0.25) is 0 Å². The van der Waals surface area contributed by atoms with Crippen molar-refractivity contribution in [3.05, 3.63) is 11.9 Å². The highest BCUT2D eigenvalue weighted by molar-refractivity contribution is 6.74. The van der Waals surface area contributed by atoms with Gasteiger partial charge in [-0.05, 0) is 37.9 Å². The van der Waals surface area contributed by atoms with Gasteiger partial charge in [-0.2, -0.15) is 0 Å². The van der Waals surface area contributed by atoms with E-state index in [1.165, 1.54) is 19.8 Å². The summed E-state index contributed by atoms with van der Waals surface area (Å²) in [5.74, 6) is -0.115. The molecule has 0 fully saturated rings. The Morgan fingerprint density at radius 2 is 1.94 bits per heavy atom. The van der Waals surface area contributed by atoms with Crippen LogP contribution in [0.15, 0.2) is 11.9 Å². The highest BCUT2D eigenvalue weighted by atomic mass is 28.4. The van der Waals surface area contributed by atoms with Gasteiger partial charge in [-0.15, -0.1) is 0 Å². The van der Waals surface area contributed by atoms with Gasteiger partial charge in [0.25, 0.3) is 0 Å². The smallest absolute Gasteiger partial charge is 0.192 e. The van der Waals surface area contributed by atoms with Gasteiger partial charge in [-0.25, -0.2) is 4.39 Å². The van der Waals surface area contributed by atoms with Crippen LogP contribution in [0.3, 0.4) is 0 Å². The first-order valence-electron chi connectivity index (χ1n) is 6.19. The molecule has 0 N–H and O–H groups in total. The zero-order chi connectivity index (χ0) is 12.8. The molecule has 0 aromatic rings. The normalized spacial score (nSPS) is 14.3. The Labute approximate surface area is 101 Å². The monoisotopic (exact) mass is 246 g/mol. The Morgan fingerprint density at radius 3 is 2.38 bits per heavy atom. The van der Waals surface area contributed by atoms with Gasteiger partial charge in [0.1, 0.15) is 0 Å². The van der Waals surface area contributed by atoms with Gasteiger partial charge in [0.2, 0.25) is 0 Å². The third kappa shape index (κ3) is 5.26. The summed E-state index contributed by atoms with van der Waals surface area (Å²) >= 11 is 0. The minimum absolute atomic E-state index is 0.115. The van der Waals surface area contributed by atoms with E-state index in [0.717, 1.165) is 0 Å². The van der Waals surface area contributed by atoms with Crippen molar-refractivity contribution in [1.82, 2.24) is 0 Å². The lowest BCUT2D eigenvalue weighted by molar-refractivity contribution is 0.286. The molecule has 0 aromatic carbocycles. The molecule has 16 heavy (non-hydrogen) atoms. The number of halogens is 1. The highest BCUT2D eigenvalue weighted by Gasteiger charge is 2.39. The second-order valence-electron chi connectivity index (χ2n) is 5.57. The van der Waals surface area contributed by atoms with Crippen LogP contribution in [0.4, 0.5) is 4.39 Å². The van der Waals surface area contributed by atoms with E-state index in [-0.39, 0.29) is 10.9 Å². The molecule has 0 saturated heterocycles. The number of allylic oxidation sites excluding steroid dienone is 1. The van der Waals surface area contributed by atoms with Crippen molar-refractivity contribution in [2.24, 2.45) is 0 Å². The van der Waals surface area contributed by atoms with Crippen molar-refractivity contribution in [2.45, 2.75) is 65.1 Å². The molecule has 0 aliphatic carbocycles. The predicted molar refractivity (Wildman–Crippen MR) is 71.9 cm³/mol. The standard InChI is InChI=1S/C13H27FOSi/c1-7-10-13(3,4)16(5,6)15-11-8-9-12(2)14/h9H,7-8,10-11H2,1-6H3/b12-9-. The zero-order valence-corrected chi connectivity index (χ0v) is 12.7. The molecule has 3 heteroatoms. The van der Waals surface area contributed by atoms with E-state index >= 15 is 0 Å². The van der Waals surface area contributed by atoms with Crippen LogP contribution in [0, 0.1) is 0 Å². The number of rotatable bonds is 7. The molecular weight excluding hydrogens is 219 g/mol. The Balaban J connectivity index is 4.18. The van der Waals surface area contributed by atoms with E-state index in [0.29, 0.717) is 13.0 Å². The first-order valence-corrected chi connectivity index (χ1v) is 9.10. The van der Waals surface area contributed by atoms with E-state index in [2.05, 4.69) is 33.9 Å². The molecular formula is C13H27FOSi. The predicted octanol–water partition coefficient (Wildman–Crippen LogP) is 5.05. The molecule has 0 saturated carbocycles. The summed E-state index contributed by atoms with van der Waals surface area (Å²) in [6.07, 6.45) is 4.67. The lowest BCUT2D eigenvalue weighted by Crippen LogP contribution is -2.42. The Bertz CT molecular complexity index is 230. The van der Waals surface area contributed by atoms with Crippen molar-refractivity contribution in [1.29, 1.82) is 0 Å². The van der Waals surface area contributed by atoms with Gasteiger partial charge < -0.3 is 4.43 Å². The van der Waals surface area contributed by atoms with E-state index in [1.54, 1.807) is 6.08 Å². The molecule has 0 radical (unpaired) electrons. The van der Waals surface area contributed by atoms with Crippen LogP contribution in [0.1, 0.15) is 47.0 Å². The van der Waals surface area contributed by atoms with Crippen molar-refractivity contribution >= 4 is 8.32 Å². The van der Waals surface area contributed by atoms with Crippen LogP contribution in [-0.2, 0) is 4.43 Å². The molecule has 96 valence electrons. The van der Waals surface area contributed by atoms with Crippen molar-refractivity contribution in [2.75, 3.05) is 6.61 Å². The fourth-order valence-electron chi connectivity index (χ4n) is 1.69. The van der Waals surface area contributed by atoms with E-state index in [9.17, 15) is 4.39 Å². The SMILES string of the molecule is CCCC(C)(C)[Si](C)(C)OCC/C=C(/C)F. The summed E-state index contributed by atoms with van der Waals surface area (Å²) in [5.41, 5.74) is 0. The second kappa shape index (κ2) is 6.55. The fraction of sp³-hybridized carbons (Fsp3) is 0.846. The van der Waals surface area contributed by atoms with Crippen molar-refractivity contribution < 1.29 is 8.82 Å². The average Bonchev–Trinajstić information content (AvgIpc) is 2.12. The molecule has 0 rings (SSSR count). The minimum Gasteiger partial charge on any atom is -0.417 e. The number of hydrogen-bond donors (Lipinski definition) is 0. The maximum absolute atomic E-state index is 12.5.